The fourth-order valence-corrected chi connectivity index (χ4v) is 3.61. The molecule has 0 saturated carbocycles. The summed E-state index contributed by atoms with van der Waals surface area (Å²) in [5.41, 5.74) is 4.15. The summed E-state index contributed by atoms with van der Waals surface area (Å²) in [6.07, 6.45) is 2.96. The topological polar surface area (TPSA) is 74.2 Å². The highest BCUT2D eigenvalue weighted by molar-refractivity contribution is 6.30. The monoisotopic (exact) mass is 397 g/mol. The van der Waals surface area contributed by atoms with Crippen molar-refractivity contribution in [3.8, 4) is 11.1 Å². The number of benzene rings is 2. The average molecular weight is 398 g/mol. The van der Waals surface area contributed by atoms with Gasteiger partial charge in [-0.2, -0.15) is 0 Å². The zero-order valence-corrected chi connectivity index (χ0v) is 15.5. The SMILES string of the molecule is O=C(O)c1ccncc1NCC1NCc2cc(-c3ccc(Cl)cc3F)ccc21. The third-order valence-electron chi connectivity index (χ3n) is 4.85. The van der Waals surface area contributed by atoms with E-state index < -0.39 is 5.97 Å². The number of hydrogen-bond acceptors (Lipinski definition) is 4. The number of hydrogen-bond donors (Lipinski definition) is 3. The van der Waals surface area contributed by atoms with E-state index in [-0.39, 0.29) is 17.4 Å². The molecule has 3 aromatic rings. The molecule has 1 atom stereocenters. The van der Waals surface area contributed by atoms with Crippen LogP contribution in [0.5, 0.6) is 0 Å². The molecule has 0 saturated heterocycles. The molecule has 3 N–H and O–H groups in total. The molecule has 2 heterocycles. The Morgan fingerprint density at radius 3 is 2.93 bits per heavy atom. The predicted molar refractivity (Wildman–Crippen MR) is 106 cm³/mol. The molecule has 1 aromatic heterocycles. The van der Waals surface area contributed by atoms with Gasteiger partial charge in [0, 0.05) is 29.9 Å². The van der Waals surface area contributed by atoms with Crippen LogP contribution >= 0.6 is 11.6 Å². The first-order chi connectivity index (χ1) is 13.5. The van der Waals surface area contributed by atoms with Gasteiger partial charge in [0.15, 0.2) is 0 Å². The van der Waals surface area contributed by atoms with E-state index in [1.165, 1.54) is 24.5 Å². The van der Waals surface area contributed by atoms with Crippen LogP contribution in [0.4, 0.5) is 10.1 Å². The molecule has 0 aliphatic carbocycles. The molecule has 1 aliphatic heterocycles. The number of carbonyl (C=O) groups is 1. The number of rotatable bonds is 5. The van der Waals surface area contributed by atoms with Crippen molar-refractivity contribution < 1.29 is 14.3 Å². The Bertz CT molecular complexity index is 1060. The largest absolute Gasteiger partial charge is 0.478 e. The molecule has 0 spiro atoms. The quantitative estimate of drug-likeness (QED) is 0.591. The minimum Gasteiger partial charge on any atom is -0.478 e. The first-order valence-electron chi connectivity index (χ1n) is 8.76. The summed E-state index contributed by atoms with van der Waals surface area (Å²) in [7, 11) is 0. The minimum absolute atomic E-state index is 0.0148. The summed E-state index contributed by atoms with van der Waals surface area (Å²) in [5.74, 6) is -1.35. The average Bonchev–Trinajstić information content (AvgIpc) is 3.08. The zero-order chi connectivity index (χ0) is 19.7. The van der Waals surface area contributed by atoms with Crippen molar-refractivity contribution in [1.29, 1.82) is 0 Å². The number of carboxylic acids is 1. The summed E-state index contributed by atoms with van der Waals surface area (Å²) in [5, 5.41) is 16.2. The van der Waals surface area contributed by atoms with Crippen molar-refractivity contribution >= 4 is 23.3 Å². The van der Waals surface area contributed by atoms with Crippen LogP contribution in [0, 0.1) is 5.82 Å². The van der Waals surface area contributed by atoms with Gasteiger partial charge in [-0.25, -0.2) is 9.18 Å². The lowest BCUT2D eigenvalue weighted by molar-refractivity contribution is 0.0698. The number of halogens is 2. The smallest absolute Gasteiger partial charge is 0.337 e. The van der Waals surface area contributed by atoms with Crippen LogP contribution < -0.4 is 10.6 Å². The molecule has 1 aliphatic rings. The Balaban J connectivity index is 1.53. The van der Waals surface area contributed by atoms with E-state index in [9.17, 15) is 14.3 Å². The summed E-state index contributed by atoms with van der Waals surface area (Å²) < 4.78 is 14.2. The standard InChI is InChI=1S/C21H17ClFN3O2/c22-14-2-4-15(18(23)8-14)12-1-3-16-13(7-12)9-25-20(16)11-26-19-10-24-6-5-17(19)21(27)28/h1-8,10,20,25-26H,9,11H2,(H,27,28). The molecule has 7 heteroatoms. The van der Waals surface area contributed by atoms with Crippen molar-refractivity contribution in [2.45, 2.75) is 12.6 Å². The maximum Gasteiger partial charge on any atom is 0.337 e. The third kappa shape index (κ3) is 3.56. The number of aromatic carboxylic acids is 1. The zero-order valence-electron chi connectivity index (χ0n) is 14.7. The van der Waals surface area contributed by atoms with Crippen molar-refractivity contribution in [2.75, 3.05) is 11.9 Å². The fraction of sp³-hybridized carbons (Fsp3) is 0.143. The van der Waals surface area contributed by atoms with Gasteiger partial charge in [0.25, 0.3) is 0 Å². The molecular weight excluding hydrogens is 381 g/mol. The van der Waals surface area contributed by atoms with E-state index in [1.54, 1.807) is 12.1 Å². The van der Waals surface area contributed by atoms with Crippen molar-refractivity contribution in [3.63, 3.8) is 0 Å². The van der Waals surface area contributed by atoms with Gasteiger partial charge in [-0.1, -0.05) is 23.7 Å². The second-order valence-electron chi connectivity index (χ2n) is 6.58. The van der Waals surface area contributed by atoms with Gasteiger partial charge in [-0.3, -0.25) is 4.98 Å². The van der Waals surface area contributed by atoms with Crippen LogP contribution in [0.2, 0.25) is 5.02 Å². The van der Waals surface area contributed by atoms with Crippen LogP contribution in [0.25, 0.3) is 11.1 Å². The molecule has 0 radical (unpaired) electrons. The number of fused-ring (bicyclic) bond motifs is 1. The molecule has 0 fully saturated rings. The second kappa shape index (κ2) is 7.58. The molecule has 2 aromatic carbocycles. The molecule has 28 heavy (non-hydrogen) atoms. The van der Waals surface area contributed by atoms with Gasteiger partial charge < -0.3 is 15.7 Å². The maximum atomic E-state index is 14.2. The number of nitrogens with zero attached hydrogens (tertiary/aromatic N) is 1. The Morgan fingerprint density at radius 1 is 1.29 bits per heavy atom. The van der Waals surface area contributed by atoms with E-state index in [4.69, 9.17) is 11.6 Å². The highest BCUT2D eigenvalue weighted by Gasteiger charge is 2.23. The van der Waals surface area contributed by atoms with Crippen molar-refractivity contribution in [1.82, 2.24) is 10.3 Å². The molecule has 0 bridgehead atoms. The van der Waals surface area contributed by atoms with Crippen LogP contribution in [0.1, 0.15) is 27.5 Å². The Hall–Kier alpha value is -2.96. The van der Waals surface area contributed by atoms with E-state index in [0.29, 0.717) is 29.4 Å². The summed E-state index contributed by atoms with van der Waals surface area (Å²) in [6.45, 7) is 1.16. The number of aromatic nitrogens is 1. The van der Waals surface area contributed by atoms with Gasteiger partial charge in [0.1, 0.15) is 5.82 Å². The van der Waals surface area contributed by atoms with Crippen LogP contribution in [0.15, 0.2) is 54.9 Å². The number of pyridine rings is 1. The Labute approximate surface area is 166 Å². The normalized spacial score (nSPS) is 15.3. The molecule has 4 rings (SSSR count). The molecule has 1 unspecified atom stereocenters. The summed E-state index contributed by atoms with van der Waals surface area (Å²) >= 11 is 5.84. The summed E-state index contributed by atoms with van der Waals surface area (Å²) in [4.78, 5) is 15.3. The van der Waals surface area contributed by atoms with Gasteiger partial charge in [-0.05, 0) is 47.0 Å². The van der Waals surface area contributed by atoms with Gasteiger partial charge in [0.2, 0.25) is 0 Å². The molecule has 0 amide bonds. The third-order valence-corrected chi connectivity index (χ3v) is 5.08. The van der Waals surface area contributed by atoms with E-state index in [1.807, 2.05) is 18.2 Å². The van der Waals surface area contributed by atoms with E-state index in [2.05, 4.69) is 15.6 Å². The Kier molecular flexibility index (Phi) is 4.98. The number of carboxylic acid groups (broad SMARTS) is 1. The molecular formula is C21H17ClFN3O2. The van der Waals surface area contributed by atoms with E-state index in [0.717, 1.165) is 16.7 Å². The van der Waals surface area contributed by atoms with Crippen LogP contribution in [-0.4, -0.2) is 22.6 Å². The molecule has 5 nitrogen and oxygen atoms in total. The van der Waals surface area contributed by atoms with Crippen LogP contribution in [-0.2, 0) is 6.54 Å². The van der Waals surface area contributed by atoms with Gasteiger partial charge >= 0.3 is 5.97 Å². The first-order valence-corrected chi connectivity index (χ1v) is 9.13. The van der Waals surface area contributed by atoms with E-state index >= 15 is 0 Å². The Morgan fingerprint density at radius 2 is 2.14 bits per heavy atom. The first kappa shape index (κ1) is 18.4. The van der Waals surface area contributed by atoms with Gasteiger partial charge in [-0.15, -0.1) is 0 Å². The second-order valence-corrected chi connectivity index (χ2v) is 7.01. The fourth-order valence-electron chi connectivity index (χ4n) is 3.45. The lowest BCUT2D eigenvalue weighted by Crippen LogP contribution is -2.22. The van der Waals surface area contributed by atoms with Crippen molar-refractivity contribution in [3.05, 3.63) is 82.4 Å². The summed E-state index contributed by atoms with van der Waals surface area (Å²) in [6, 6.07) is 12.0. The molecule has 142 valence electrons. The maximum absolute atomic E-state index is 14.2. The van der Waals surface area contributed by atoms with Gasteiger partial charge in [0.05, 0.1) is 23.5 Å². The lowest BCUT2D eigenvalue weighted by atomic mass is 9.98. The van der Waals surface area contributed by atoms with Crippen molar-refractivity contribution in [2.24, 2.45) is 0 Å². The number of anilines is 1. The highest BCUT2D eigenvalue weighted by Crippen LogP contribution is 2.32. The number of nitrogens with one attached hydrogen (secondary N) is 2. The minimum atomic E-state index is -1.00. The lowest BCUT2D eigenvalue weighted by Gasteiger charge is -2.15. The predicted octanol–water partition coefficient (Wildman–Crippen LogP) is 4.50. The highest BCUT2D eigenvalue weighted by atomic mass is 35.5. The van der Waals surface area contributed by atoms with Crippen LogP contribution in [0.3, 0.4) is 0 Å².